The van der Waals surface area contributed by atoms with E-state index >= 15 is 0 Å². The van der Waals surface area contributed by atoms with Gasteiger partial charge in [0.2, 0.25) is 0 Å². The number of aromatic nitrogens is 2. The van der Waals surface area contributed by atoms with Gasteiger partial charge >= 0.3 is 0 Å². The third-order valence-corrected chi connectivity index (χ3v) is 1.86. The van der Waals surface area contributed by atoms with E-state index in [1.807, 2.05) is 0 Å². The van der Waals surface area contributed by atoms with Gasteiger partial charge < -0.3 is 0 Å². The SMILES string of the molecule is [N-]=[N+]=Nc1cc(-c2ccc(F)cc2)n[nH]1. The molecular weight excluding hydrogens is 197 g/mol. The van der Waals surface area contributed by atoms with Gasteiger partial charge in [0.15, 0.2) is 0 Å². The first-order chi connectivity index (χ1) is 7.29. The summed E-state index contributed by atoms with van der Waals surface area (Å²) in [5, 5.41) is 9.84. The average Bonchev–Trinajstić information content (AvgIpc) is 2.68. The number of azide groups is 1. The number of aromatic amines is 1. The predicted molar refractivity (Wildman–Crippen MR) is 52.8 cm³/mol. The van der Waals surface area contributed by atoms with E-state index in [1.54, 1.807) is 18.2 Å². The van der Waals surface area contributed by atoms with Crippen LogP contribution in [0.3, 0.4) is 0 Å². The second-order valence-electron chi connectivity index (χ2n) is 2.83. The highest BCUT2D eigenvalue weighted by Crippen LogP contribution is 2.21. The standard InChI is InChI=1S/C9H6FN5/c10-7-3-1-6(2-4-7)8-5-9(13-12-8)14-15-11/h1-5H,(H,12,13). The zero-order chi connectivity index (χ0) is 10.7. The Kier molecular flexibility index (Phi) is 2.35. The molecule has 5 nitrogen and oxygen atoms in total. The molecule has 1 aromatic heterocycles. The summed E-state index contributed by atoms with van der Waals surface area (Å²) in [5.41, 5.74) is 9.56. The lowest BCUT2D eigenvalue weighted by Gasteiger charge is -1.94. The zero-order valence-electron chi connectivity index (χ0n) is 7.55. The number of nitrogens with zero attached hydrogens (tertiary/aromatic N) is 4. The lowest BCUT2D eigenvalue weighted by atomic mass is 10.1. The molecule has 0 fully saturated rings. The zero-order valence-corrected chi connectivity index (χ0v) is 7.55. The Morgan fingerprint density at radius 1 is 1.33 bits per heavy atom. The molecule has 1 N–H and O–H groups in total. The van der Waals surface area contributed by atoms with E-state index in [0.717, 1.165) is 5.56 Å². The molecule has 15 heavy (non-hydrogen) atoms. The molecule has 0 unspecified atom stereocenters. The van der Waals surface area contributed by atoms with Crippen molar-refractivity contribution in [1.29, 1.82) is 0 Å². The van der Waals surface area contributed by atoms with E-state index in [4.69, 9.17) is 5.53 Å². The molecule has 6 heteroatoms. The molecule has 2 rings (SSSR count). The highest BCUT2D eigenvalue weighted by atomic mass is 19.1. The van der Waals surface area contributed by atoms with Gasteiger partial charge in [0.05, 0.1) is 5.69 Å². The predicted octanol–water partition coefficient (Wildman–Crippen LogP) is 3.16. The van der Waals surface area contributed by atoms with Crippen LogP contribution in [0.1, 0.15) is 0 Å². The fraction of sp³-hybridized carbons (Fsp3) is 0. The molecule has 0 aliphatic rings. The summed E-state index contributed by atoms with van der Waals surface area (Å²) in [7, 11) is 0. The topological polar surface area (TPSA) is 77.4 Å². The van der Waals surface area contributed by atoms with Gasteiger partial charge in [-0.05, 0) is 41.0 Å². The molecule has 0 atom stereocenters. The van der Waals surface area contributed by atoms with Gasteiger partial charge in [-0.15, -0.1) is 0 Å². The number of hydrogen-bond acceptors (Lipinski definition) is 2. The minimum atomic E-state index is -0.301. The Balaban J connectivity index is 2.37. The van der Waals surface area contributed by atoms with Crippen LogP contribution in [0.5, 0.6) is 0 Å². The fourth-order valence-electron chi connectivity index (χ4n) is 1.18. The van der Waals surface area contributed by atoms with E-state index in [2.05, 4.69) is 20.2 Å². The number of H-pyrrole nitrogens is 1. The van der Waals surface area contributed by atoms with E-state index in [-0.39, 0.29) is 5.82 Å². The van der Waals surface area contributed by atoms with Crippen molar-refractivity contribution in [2.24, 2.45) is 5.11 Å². The van der Waals surface area contributed by atoms with Crippen LogP contribution < -0.4 is 0 Å². The third-order valence-electron chi connectivity index (χ3n) is 1.86. The van der Waals surface area contributed by atoms with Crippen LogP contribution in [0, 0.1) is 5.82 Å². The van der Waals surface area contributed by atoms with E-state index < -0.39 is 0 Å². The minimum Gasteiger partial charge on any atom is -0.275 e. The first-order valence-corrected chi connectivity index (χ1v) is 4.16. The number of hydrogen-bond donors (Lipinski definition) is 1. The maximum atomic E-state index is 12.6. The minimum absolute atomic E-state index is 0.301. The molecule has 1 aromatic carbocycles. The summed E-state index contributed by atoms with van der Waals surface area (Å²) in [6.07, 6.45) is 0. The molecule has 0 saturated heterocycles. The van der Waals surface area contributed by atoms with Crippen LogP contribution in [0.2, 0.25) is 0 Å². The van der Waals surface area contributed by atoms with Gasteiger partial charge in [-0.3, -0.25) is 5.10 Å². The summed E-state index contributed by atoms with van der Waals surface area (Å²) >= 11 is 0. The Bertz CT molecular complexity index is 510. The van der Waals surface area contributed by atoms with E-state index in [0.29, 0.717) is 11.5 Å². The summed E-state index contributed by atoms with van der Waals surface area (Å²) < 4.78 is 12.6. The molecule has 0 amide bonds. The highest BCUT2D eigenvalue weighted by Gasteiger charge is 2.02. The molecule has 1 heterocycles. The summed E-state index contributed by atoms with van der Waals surface area (Å²) in [5.74, 6) is 0.0291. The van der Waals surface area contributed by atoms with Gasteiger partial charge in [0, 0.05) is 10.5 Å². The van der Waals surface area contributed by atoms with E-state index in [1.165, 1.54) is 12.1 Å². The van der Waals surface area contributed by atoms with Crippen molar-refractivity contribution in [1.82, 2.24) is 10.2 Å². The lowest BCUT2D eigenvalue weighted by Crippen LogP contribution is -1.78. The molecule has 0 spiro atoms. The normalized spacial score (nSPS) is 9.67. The quantitative estimate of drug-likeness (QED) is 0.454. The molecule has 74 valence electrons. The largest absolute Gasteiger partial charge is 0.275 e. The van der Waals surface area contributed by atoms with Crippen LogP contribution in [-0.2, 0) is 0 Å². The van der Waals surface area contributed by atoms with Crippen LogP contribution in [0.15, 0.2) is 35.4 Å². The van der Waals surface area contributed by atoms with Crippen LogP contribution in [0.4, 0.5) is 10.2 Å². The van der Waals surface area contributed by atoms with Gasteiger partial charge in [0.25, 0.3) is 0 Å². The average molecular weight is 203 g/mol. The molecular formula is C9H6FN5. The molecule has 0 radical (unpaired) electrons. The van der Waals surface area contributed by atoms with Gasteiger partial charge in [0.1, 0.15) is 11.6 Å². The van der Waals surface area contributed by atoms with Crippen molar-refractivity contribution in [3.05, 3.63) is 46.6 Å². The first kappa shape index (κ1) is 9.23. The van der Waals surface area contributed by atoms with Crippen LogP contribution >= 0.6 is 0 Å². The Morgan fingerprint density at radius 3 is 2.73 bits per heavy atom. The summed E-state index contributed by atoms with van der Waals surface area (Å²) in [4.78, 5) is 2.62. The first-order valence-electron chi connectivity index (χ1n) is 4.16. The van der Waals surface area contributed by atoms with Gasteiger partial charge in [-0.2, -0.15) is 5.10 Å². The van der Waals surface area contributed by atoms with Crippen molar-refractivity contribution in [3.63, 3.8) is 0 Å². The lowest BCUT2D eigenvalue weighted by molar-refractivity contribution is 0.628. The van der Waals surface area contributed by atoms with Gasteiger partial charge in [-0.25, -0.2) is 4.39 Å². The Hall–Kier alpha value is -2.33. The van der Waals surface area contributed by atoms with Crippen molar-refractivity contribution >= 4 is 5.82 Å². The summed E-state index contributed by atoms with van der Waals surface area (Å²) in [6, 6.07) is 7.48. The molecule has 0 saturated carbocycles. The van der Waals surface area contributed by atoms with Crippen molar-refractivity contribution in [3.8, 4) is 11.3 Å². The molecule has 0 aliphatic heterocycles. The maximum Gasteiger partial charge on any atom is 0.123 e. The second-order valence-corrected chi connectivity index (χ2v) is 2.83. The van der Waals surface area contributed by atoms with Crippen molar-refractivity contribution < 1.29 is 4.39 Å². The Labute approximate surface area is 84.2 Å². The van der Waals surface area contributed by atoms with Crippen LogP contribution in [0.25, 0.3) is 21.7 Å². The van der Waals surface area contributed by atoms with E-state index in [9.17, 15) is 4.39 Å². The molecule has 0 aliphatic carbocycles. The summed E-state index contributed by atoms with van der Waals surface area (Å²) in [6.45, 7) is 0. The number of benzene rings is 1. The molecule has 2 aromatic rings. The molecule has 0 bridgehead atoms. The third kappa shape index (κ3) is 1.95. The smallest absolute Gasteiger partial charge is 0.123 e. The Morgan fingerprint density at radius 2 is 2.07 bits per heavy atom. The number of halogens is 1. The fourth-order valence-corrected chi connectivity index (χ4v) is 1.18. The van der Waals surface area contributed by atoms with Crippen LogP contribution in [-0.4, -0.2) is 10.2 Å². The number of rotatable bonds is 2. The monoisotopic (exact) mass is 203 g/mol. The second kappa shape index (κ2) is 3.81. The maximum absolute atomic E-state index is 12.6. The van der Waals surface area contributed by atoms with Crippen molar-refractivity contribution in [2.75, 3.05) is 0 Å². The highest BCUT2D eigenvalue weighted by molar-refractivity contribution is 5.61. The number of nitrogens with one attached hydrogen (secondary N) is 1. The van der Waals surface area contributed by atoms with Gasteiger partial charge in [-0.1, -0.05) is 0 Å². The van der Waals surface area contributed by atoms with Crippen molar-refractivity contribution in [2.45, 2.75) is 0 Å².